The number of nitrogens with one attached hydrogen (secondary N) is 1. The largest absolute Gasteiger partial charge is 0.468 e. The number of sulfonamides is 1. The lowest BCUT2D eigenvalue weighted by Gasteiger charge is -2.05. The van der Waals surface area contributed by atoms with Crippen molar-refractivity contribution >= 4 is 33.3 Å². The summed E-state index contributed by atoms with van der Waals surface area (Å²) in [6.07, 6.45) is 0. The Kier molecular flexibility index (Phi) is 4.82. The summed E-state index contributed by atoms with van der Waals surface area (Å²) in [7, 11) is -1.65. The molecule has 0 unspecified atom stereocenters. The molecule has 0 atom stereocenters. The molecule has 18 heavy (non-hydrogen) atoms. The quantitative estimate of drug-likeness (QED) is 0.766. The highest BCUT2D eigenvalue weighted by Gasteiger charge is 2.25. The lowest BCUT2D eigenvalue weighted by atomic mass is 10.3. The van der Waals surface area contributed by atoms with Crippen molar-refractivity contribution < 1.29 is 27.5 Å². The van der Waals surface area contributed by atoms with Gasteiger partial charge in [0.25, 0.3) is 10.0 Å². The van der Waals surface area contributed by atoms with Gasteiger partial charge in [-0.3, -0.25) is 4.79 Å². The minimum absolute atomic E-state index is 0.0696. The van der Waals surface area contributed by atoms with E-state index >= 15 is 0 Å². The number of carbonyl (C=O) groups excluding carboxylic acids is 2. The fraction of sp³-hybridized carbons (Fsp3) is 0.333. The Morgan fingerprint density at radius 3 is 2.56 bits per heavy atom. The van der Waals surface area contributed by atoms with Gasteiger partial charge in [0.2, 0.25) is 0 Å². The Bertz CT molecular complexity index is 547. The SMILES string of the molecule is COC(=O)CNS(=O)(=O)c1sccc1C(=O)OC. The predicted octanol–water partition coefficient (Wildman–Crippen LogP) is -0.0140. The van der Waals surface area contributed by atoms with E-state index in [1.807, 2.05) is 4.72 Å². The molecule has 1 rings (SSSR count). The summed E-state index contributed by atoms with van der Waals surface area (Å²) in [4.78, 5) is 22.2. The lowest BCUT2D eigenvalue weighted by Crippen LogP contribution is -2.30. The van der Waals surface area contributed by atoms with Crippen molar-refractivity contribution in [1.82, 2.24) is 4.72 Å². The van der Waals surface area contributed by atoms with E-state index in [0.717, 1.165) is 25.6 Å². The van der Waals surface area contributed by atoms with Gasteiger partial charge >= 0.3 is 11.9 Å². The monoisotopic (exact) mass is 293 g/mol. The topological polar surface area (TPSA) is 98.8 Å². The predicted molar refractivity (Wildman–Crippen MR) is 62.9 cm³/mol. The molecule has 0 aliphatic carbocycles. The van der Waals surface area contributed by atoms with E-state index in [0.29, 0.717) is 0 Å². The van der Waals surface area contributed by atoms with E-state index in [1.54, 1.807) is 0 Å². The number of ether oxygens (including phenoxy) is 2. The standard InChI is InChI=1S/C9H11NO6S2/c1-15-7(11)5-10-18(13,14)9-6(3-4-17-9)8(12)16-2/h3-4,10H,5H2,1-2H3. The Balaban J connectivity index is 2.95. The van der Waals surface area contributed by atoms with E-state index in [-0.39, 0.29) is 9.77 Å². The molecular formula is C9H11NO6S2. The summed E-state index contributed by atoms with van der Waals surface area (Å²) in [5.41, 5.74) is -0.0696. The average Bonchev–Trinajstić information content (AvgIpc) is 2.85. The Hall–Kier alpha value is -1.45. The maximum atomic E-state index is 11.8. The van der Waals surface area contributed by atoms with Crippen LogP contribution in [0.1, 0.15) is 10.4 Å². The molecule has 0 saturated heterocycles. The summed E-state index contributed by atoms with van der Waals surface area (Å²) >= 11 is 0.856. The highest BCUT2D eigenvalue weighted by atomic mass is 32.2. The molecule has 1 N–H and O–H groups in total. The van der Waals surface area contributed by atoms with Gasteiger partial charge in [0.05, 0.1) is 19.8 Å². The van der Waals surface area contributed by atoms with E-state index < -0.39 is 28.5 Å². The maximum Gasteiger partial charge on any atom is 0.340 e. The van der Waals surface area contributed by atoms with Gasteiger partial charge in [-0.2, -0.15) is 4.72 Å². The Morgan fingerprint density at radius 2 is 2.00 bits per heavy atom. The summed E-state index contributed by atoms with van der Waals surface area (Å²) in [6.45, 7) is -0.503. The first-order valence-electron chi connectivity index (χ1n) is 4.64. The van der Waals surface area contributed by atoms with Gasteiger partial charge in [-0.05, 0) is 11.4 Å². The van der Waals surface area contributed by atoms with Gasteiger partial charge in [0.1, 0.15) is 10.8 Å². The minimum atomic E-state index is -3.94. The second-order valence-corrected chi connectivity index (χ2v) is 5.89. The Labute approximate surface area is 108 Å². The molecule has 0 aliphatic heterocycles. The van der Waals surface area contributed by atoms with Crippen LogP contribution in [0.3, 0.4) is 0 Å². The van der Waals surface area contributed by atoms with Crippen molar-refractivity contribution in [3.63, 3.8) is 0 Å². The van der Waals surface area contributed by atoms with Crippen molar-refractivity contribution in [2.75, 3.05) is 20.8 Å². The van der Waals surface area contributed by atoms with Crippen LogP contribution in [0.2, 0.25) is 0 Å². The second-order valence-electron chi connectivity index (χ2n) is 3.01. The average molecular weight is 293 g/mol. The van der Waals surface area contributed by atoms with E-state index in [2.05, 4.69) is 9.47 Å². The lowest BCUT2D eigenvalue weighted by molar-refractivity contribution is -0.139. The molecular weight excluding hydrogens is 282 g/mol. The van der Waals surface area contributed by atoms with Gasteiger partial charge in [-0.1, -0.05) is 0 Å². The van der Waals surface area contributed by atoms with Crippen LogP contribution in [0.4, 0.5) is 0 Å². The fourth-order valence-corrected chi connectivity index (χ4v) is 3.39. The van der Waals surface area contributed by atoms with Crippen LogP contribution in [-0.4, -0.2) is 41.1 Å². The molecule has 0 fully saturated rings. The molecule has 7 nitrogen and oxygen atoms in total. The third kappa shape index (κ3) is 3.28. The van der Waals surface area contributed by atoms with Crippen LogP contribution >= 0.6 is 11.3 Å². The molecule has 0 radical (unpaired) electrons. The van der Waals surface area contributed by atoms with Gasteiger partial charge in [-0.25, -0.2) is 13.2 Å². The number of hydrogen-bond acceptors (Lipinski definition) is 7. The molecule has 1 aromatic rings. The number of esters is 2. The third-order valence-corrected chi connectivity index (χ3v) is 4.80. The first kappa shape index (κ1) is 14.6. The summed E-state index contributed by atoms with van der Waals surface area (Å²) in [5, 5.41) is 1.44. The molecule has 1 heterocycles. The van der Waals surface area contributed by atoms with Gasteiger partial charge in [-0.15, -0.1) is 11.3 Å². The molecule has 0 aliphatic rings. The van der Waals surface area contributed by atoms with E-state index in [4.69, 9.17) is 0 Å². The van der Waals surface area contributed by atoms with Crippen LogP contribution in [0, 0.1) is 0 Å². The van der Waals surface area contributed by atoms with Crippen LogP contribution in [-0.2, 0) is 24.3 Å². The van der Waals surface area contributed by atoms with Crippen LogP contribution in [0.25, 0.3) is 0 Å². The summed E-state index contributed by atoms with van der Waals surface area (Å²) in [6, 6.07) is 1.34. The summed E-state index contributed by atoms with van der Waals surface area (Å²) < 4.78 is 34.3. The first-order valence-corrected chi connectivity index (χ1v) is 7.01. The first-order chi connectivity index (χ1) is 8.42. The number of methoxy groups -OCH3 is 2. The molecule has 9 heteroatoms. The highest BCUT2D eigenvalue weighted by molar-refractivity contribution is 7.91. The van der Waals surface area contributed by atoms with E-state index in [9.17, 15) is 18.0 Å². The zero-order chi connectivity index (χ0) is 13.8. The Morgan fingerprint density at radius 1 is 1.33 bits per heavy atom. The van der Waals surface area contributed by atoms with E-state index in [1.165, 1.54) is 11.4 Å². The number of rotatable bonds is 5. The number of thiophene rings is 1. The molecule has 0 bridgehead atoms. The molecule has 0 spiro atoms. The minimum Gasteiger partial charge on any atom is -0.468 e. The van der Waals surface area contributed by atoms with Crippen molar-refractivity contribution in [3.8, 4) is 0 Å². The zero-order valence-corrected chi connectivity index (χ0v) is 11.3. The van der Waals surface area contributed by atoms with Crippen molar-refractivity contribution in [3.05, 3.63) is 17.0 Å². The van der Waals surface area contributed by atoms with Crippen molar-refractivity contribution in [2.45, 2.75) is 4.21 Å². The van der Waals surface area contributed by atoms with Crippen LogP contribution in [0.5, 0.6) is 0 Å². The van der Waals surface area contributed by atoms with Gasteiger partial charge in [0, 0.05) is 0 Å². The second kappa shape index (κ2) is 5.94. The third-order valence-electron chi connectivity index (χ3n) is 1.91. The van der Waals surface area contributed by atoms with Crippen molar-refractivity contribution in [1.29, 1.82) is 0 Å². The van der Waals surface area contributed by atoms with Crippen molar-refractivity contribution in [2.24, 2.45) is 0 Å². The zero-order valence-electron chi connectivity index (χ0n) is 9.63. The normalized spacial score (nSPS) is 11.0. The molecule has 100 valence electrons. The fourth-order valence-electron chi connectivity index (χ4n) is 1.06. The van der Waals surface area contributed by atoms with Gasteiger partial charge in [0.15, 0.2) is 0 Å². The molecule has 0 aromatic carbocycles. The van der Waals surface area contributed by atoms with Crippen LogP contribution < -0.4 is 4.72 Å². The molecule has 0 saturated carbocycles. The number of hydrogen-bond donors (Lipinski definition) is 1. The molecule has 1 aromatic heterocycles. The maximum absolute atomic E-state index is 11.8. The van der Waals surface area contributed by atoms with Crippen LogP contribution in [0.15, 0.2) is 15.7 Å². The summed E-state index contributed by atoms with van der Waals surface area (Å²) in [5.74, 6) is -1.48. The smallest absolute Gasteiger partial charge is 0.340 e. The van der Waals surface area contributed by atoms with Gasteiger partial charge < -0.3 is 9.47 Å². The number of carbonyl (C=O) groups is 2. The highest BCUT2D eigenvalue weighted by Crippen LogP contribution is 2.23. The molecule has 0 amide bonds.